The van der Waals surface area contributed by atoms with Crippen LogP contribution in [0.1, 0.15) is 10.6 Å². The minimum atomic E-state index is -0.565. The van der Waals surface area contributed by atoms with Crippen molar-refractivity contribution in [1.82, 2.24) is 4.98 Å². The molecule has 0 fully saturated rings. The number of amides is 1. The lowest BCUT2D eigenvalue weighted by Crippen LogP contribution is -2.20. The van der Waals surface area contributed by atoms with Crippen LogP contribution in [0.2, 0.25) is 0 Å². The summed E-state index contributed by atoms with van der Waals surface area (Å²) in [5.74, 6) is -0.978. The molecule has 0 bridgehead atoms. The van der Waals surface area contributed by atoms with Crippen molar-refractivity contribution < 1.29 is 14.3 Å². The van der Waals surface area contributed by atoms with E-state index in [2.05, 4.69) is 10.3 Å². The van der Waals surface area contributed by atoms with Crippen LogP contribution in [0.15, 0.2) is 53.9 Å². The molecule has 0 spiro atoms. The molecule has 1 amide bonds. The summed E-state index contributed by atoms with van der Waals surface area (Å²) in [6.45, 7) is 1.49. The number of esters is 1. The van der Waals surface area contributed by atoms with Gasteiger partial charge in [-0.2, -0.15) is 0 Å². The van der Waals surface area contributed by atoms with Crippen LogP contribution in [0.4, 0.5) is 5.13 Å². The molecule has 2 aromatic heterocycles. The quantitative estimate of drug-likeness (QED) is 0.506. The van der Waals surface area contributed by atoms with E-state index in [1.807, 2.05) is 54.8 Å². The fraction of sp³-hybridized carbons (Fsp3) is 0.105. The van der Waals surface area contributed by atoms with Gasteiger partial charge in [-0.05, 0) is 30.7 Å². The summed E-state index contributed by atoms with van der Waals surface area (Å²) in [6.07, 6.45) is 3.00. The molecule has 0 aliphatic carbocycles. The van der Waals surface area contributed by atoms with Crippen molar-refractivity contribution in [2.24, 2.45) is 0 Å². The van der Waals surface area contributed by atoms with E-state index in [4.69, 9.17) is 4.74 Å². The second-order valence-corrected chi connectivity index (χ2v) is 7.32. The van der Waals surface area contributed by atoms with E-state index in [-0.39, 0.29) is 6.61 Å². The Labute approximate surface area is 159 Å². The van der Waals surface area contributed by atoms with Crippen LogP contribution in [-0.2, 0) is 14.3 Å². The van der Waals surface area contributed by atoms with Gasteiger partial charge in [-0.25, -0.2) is 9.78 Å². The van der Waals surface area contributed by atoms with E-state index in [1.165, 1.54) is 17.4 Å². The highest BCUT2D eigenvalue weighted by Gasteiger charge is 2.08. The van der Waals surface area contributed by atoms with Crippen molar-refractivity contribution in [3.8, 4) is 10.4 Å². The van der Waals surface area contributed by atoms with Crippen LogP contribution in [0, 0.1) is 6.92 Å². The zero-order valence-corrected chi connectivity index (χ0v) is 15.6. The minimum absolute atomic E-state index is 0.346. The number of ether oxygens (including phenoxy) is 1. The van der Waals surface area contributed by atoms with Crippen LogP contribution in [0.5, 0.6) is 0 Å². The Hall–Kier alpha value is -2.77. The molecular weight excluding hydrogens is 368 g/mol. The van der Waals surface area contributed by atoms with Gasteiger partial charge in [-0.1, -0.05) is 30.3 Å². The van der Waals surface area contributed by atoms with Crippen molar-refractivity contribution in [2.45, 2.75) is 6.92 Å². The van der Waals surface area contributed by atoms with Gasteiger partial charge in [0.05, 0.1) is 5.69 Å². The van der Waals surface area contributed by atoms with Crippen LogP contribution in [-0.4, -0.2) is 23.5 Å². The zero-order chi connectivity index (χ0) is 18.4. The topological polar surface area (TPSA) is 68.3 Å². The van der Waals surface area contributed by atoms with E-state index in [1.54, 1.807) is 17.4 Å². The highest BCUT2D eigenvalue weighted by Crippen LogP contribution is 2.28. The molecule has 0 saturated carbocycles. The lowest BCUT2D eigenvalue weighted by molar-refractivity contribution is -0.142. The minimum Gasteiger partial charge on any atom is -0.452 e. The summed E-state index contributed by atoms with van der Waals surface area (Å²) < 4.78 is 4.94. The maximum absolute atomic E-state index is 11.8. The maximum Gasteiger partial charge on any atom is 0.331 e. The van der Waals surface area contributed by atoms with Gasteiger partial charge < -0.3 is 4.74 Å². The first-order valence-corrected chi connectivity index (χ1v) is 9.52. The summed E-state index contributed by atoms with van der Waals surface area (Å²) in [4.78, 5) is 29.6. The van der Waals surface area contributed by atoms with E-state index in [0.717, 1.165) is 21.0 Å². The first kappa shape index (κ1) is 18.0. The third-order valence-corrected chi connectivity index (χ3v) is 5.25. The maximum atomic E-state index is 11.8. The first-order chi connectivity index (χ1) is 12.6. The number of benzene rings is 1. The molecule has 0 unspecified atom stereocenters. The second kappa shape index (κ2) is 8.55. The summed E-state index contributed by atoms with van der Waals surface area (Å²) in [6, 6.07) is 14.0. The van der Waals surface area contributed by atoms with Gasteiger partial charge in [-0.3, -0.25) is 10.1 Å². The molecule has 1 aromatic carbocycles. The summed E-state index contributed by atoms with van der Waals surface area (Å²) in [5, 5.41) is 4.90. The van der Waals surface area contributed by atoms with Gasteiger partial charge in [0.25, 0.3) is 5.91 Å². The molecule has 1 N–H and O–H groups in total. The Morgan fingerprint density at radius 2 is 2.00 bits per heavy atom. The first-order valence-electron chi connectivity index (χ1n) is 7.82. The monoisotopic (exact) mass is 384 g/mol. The summed E-state index contributed by atoms with van der Waals surface area (Å²) in [7, 11) is 0. The SMILES string of the molecule is Cc1csc(NC(=O)COC(=O)/C=C/c2ccc(-c3ccccc3)s2)n1. The molecule has 2 heterocycles. The van der Waals surface area contributed by atoms with Crippen LogP contribution in [0.3, 0.4) is 0 Å². The number of thiophene rings is 1. The van der Waals surface area contributed by atoms with E-state index >= 15 is 0 Å². The number of rotatable bonds is 6. The van der Waals surface area contributed by atoms with Crippen molar-refractivity contribution in [3.05, 3.63) is 64.5 Å². The van der Waals surface area contributed by atoms with Gasteiger partial charge in [0, 0.05) is 21.2 Å². The van der Waals surface area contributed by atoms with Gasteiger partial charge >= 0.3 is 5.97 Å². The number of nitrogens with one attached hydrogen (secondary N) is 1. The summed E-state index contributed by atoms with van der Waals surface area (Å²) in [5.41, 5.74) is 1.96. The molecule has 0 aliphatic rings. The average Bonchev–Trinajstić information content (AvgIpc) is 3.28. The van der Waals surface area contributed by atoms with Gasteiger partial charge in [0.2, 0.25) is 0 Å². The number of nitrogens with zero attached hydrogens (tertiary/aromatic N) is 1. The number of carbonyl (C=O) groups is 2. The zero-order valence-electron chi connectivity index (χ0n) is 14.0. The molecule has 0 aliphatic heterocycles. The predicted molar refractivity (Wildman–Crippen MR) is 105 cm³/mol. The Balaban J connectivity index is 1.48. The fourth-order valence-corrected chi connectivity index (χ4v) is 3.72. The number of carbonyl (C=O) groups excluding carboxylic acids is 2. The third kappa shape index (κ3) is 5.11. The highest BCUT2D eigenvalue weighted by atomic mass is 32.1. The second-order valence-electron chi connectivity index (χ2n) is 5.35. The van der Waals surface area contributed by atoms with Crippen molar-refractivity contribution >= 4 is 45.8 Å². The lowest BCUT2D eigenvalue weighted by atomic mass is 10.2. The number of thiazole rings is 1. The number of aromatic nitrogens is 1. The highest BCUT2D eigenvalue weighted by molar-refractivity contribution is 7.16. The van der Waals surface area contributed by atoms with Crippen LogP contribution in [0.25, 0.3) is 16.5 Å². The number of aryl methyl sites for hydroxylation is 1. The lowest BCUT2D eigenvalue weighted by Gasteiger charge is -2.01. The Morgan fingerprint density at radius 1 is 1.19 bits per heavy atom. The van der Waals surface area contributed by atoms with E-state index < -0.39 is 11.9 Å². The standard InChI is InChI=1S/C19H16N2O3S2/c1-13-12-25-19(20-13)21-17(22)11-24-18(23)10-8-15-7-9-16(26-15)14-5-3-2-4-6-14/h2-10,12H,11H2,1H3,(H,20,21,22)/b10-8+. The molecule has 0 atom stereocenters. The van der Waals surface area contributed by atoms with Crippen molar-refractivity contribution in [2.75, 3.05) is 11.9 Å². The number of hydrogen-bond acceptors (Lipinski definition) is 6. The van der Waals surface area contributed by atoms with E-state index in [0.29, 0.717) is 5.13 Å². The molecule has 7 heteroatoms. The number of hydrogen-bond donors (Lipinski definition) is 1. The smallest absolute Gasteiger partial charge is 0.331 e. The molecule has 5 nitrogen and oxygen atoms in total. The van der Waals surface area contributed by atoms with Crippen LogP contribution < -0.4 is 5.32 Å². The fourth-order valence-electron chi connectivity index (χ4n) is 2.10. The average molecular weight is 384 g/mol. The van der Waals surface area contributed by atoms with E-state index in [9.17, 15) is 9.59 Å². The molecule has 0 saturated heterocycles. The molecular formula is C19H16N2O3S2. The predicted octanol–water partition coefficient (Wildman–Crippen LogP) is 4.38. The van der Waals surface area contributed by atoms with Gasteiger partial charge in [-0.15, -0.1) is 22.7 Å². The molecule has 3 rings (SSSR count). The summed E-state index contributed by atoms with van der Waals surface area (Å²) >= 11 is 2.90. The molecule has 0 radical (unpaired) electrons. The Kier molecular flexibility index (Phi) is 5.93. The third-order valence-electron chi connectivity index (χ3n) is 3.28. The number of anilines is 1. The normalized spacial score (nSPS) is 10.8. The molecule has 132 valence electrons. The molecule has 26 heavy (non-hydrogen) atoms. The van der Waals surface area contributed by atoms with Crippen molar-refractivity contribution in [1.29, 1.82) is 0 Å². The Morgan fingerprint density at radius 3 is 2.73 bits per heavy atom. The molecule has 3 aromatic rings. The van der Waals surface area contributed by atoms with Gasteiger partial charge in [0.15, 0.2) is 11.7 Å². The van der Waals surface area contributed by atoms with Crippen molar-refractivity contribution in [3.63, 3.8) is 0 Å². The van der Waals surface area contributed by atoms with Crippen LogP contribution >= 0.6 is 22.7 Å². The largest absolute Gasteiger partial charge is 0.452 e. The Bertz CT molecular complexity index is 929. The van der Waals surface area contributed by atoms with Gasteiger partial charge in [0.1, 0.15) is 0 Å².